The van der Waals surface area contributed by atoms with E-state index in [4.69, 9.17) is 4.74 Å². The Morgan fingerprint density at radius 2 is 1.80 bits per heavy atom. The molecule has 4 rings (SSSR count). The number of aromatic nitrogens is 1. The highest BCUT2D eigenvalue weighted by Gasteiger charge is 2.41. The minimum atomic E-state index is -0.603. The number of anilines is 1. The van der Waals surface area contributed by atoms with Gasteiger partial charge in [-0.3, -0.25) is 4.79 Å². The summed E-state index contributed by atoms with van der Waals surface area (Å²) in [6.07, 6.45) is 3.02. The van der Waals surface area contributed by atoms with Gasteiger partial charge in [0.15, 0.2) is 0 Å². The third-order valence-corrected chi connectivity index (χ3v) is 5.83. The smallest absolute Gasteiger partial charge is 0.235 e. The monoisotopic (exact) mass is 460 g/mol. The van der Waals surface area contributed by atoms with Crippen molar-refractivity contribution in [1.29, 1.82) is 0 Å². The van der Waals surface area contributed by atoms with Gasteiger partial charge in [0.2, 0.25) is 5.91 Å². The summed E-state index contributed by atoms with van der Waals surface area (Å²) in [7, 11) is 0. The molecule has 1 aliphatic heterocycles. The van der Waals surface area contributed by atoms with E-state index >= 15 is 0 Å². The van der Waals surface area contributed by atoms with E-state index in [9.17, 15) is 4.79 Å². The zero-order chi connectivity index (χ0) is 20.8. The molecule has 0 aliphatic carbocycles. The van der Waals surface area contributed by atoms with E-state index in [0.717, 1.165) is 21.3 Å². The van der Waals surface area contributed by atoms with Gasteiger partial charge in [-0.05, 0) is 66.8 Å². The number of halogens is 1. The van der Waals surface area contributed by atoms with E-state index < -0.39 is 5.41 Å². The molecule has 0 radical (unpaired) electrons. The Bertz CT molecular complexity index is 1080. The molecule has 1 fully saturated rings. The van der Waals surface area contributed by atoms with Crippen LogP contribution < -0.4 is 5.32 Å². The number of nitrogens with zero attached hydrogens (tertiary/aromatic N) is 1. The van der Waals surface area contributed by atoms with Crippen LogP contribution in [0.4, 0.5) is 5.69 Å². The Morgan fingerprint density at radius 1 is 1.00 bits per heavy atom. The molecule has 4 nitrogen and oxygen atoms in total. The summed E-state index contributed by atoms with van der Waals surface area (Å²) in [5.41, 5.74) is 2.68. The van der Waals surface area contributed by atoms with E-state index in [0.29, 0.717) is 31.7 Å². The molecule has 5 heteroatoms. The van der Waals surface area contributed by atoms with Gasteiger partial charge >= 0.3 is 0 Å². The lowest BCUT2D eigenvalue weighted by Crippen LogP contribution is -2.44. The predicted molar refractivity (Wildman–Crippen MR) is 121 cm³/mol. The lowest BCUT2D eigenvalue weighted by atomic mass is 9.73. The van der Waals surface area contributed by atoms with Gasteiger partial charge in [-0.15, -0.1) is 0 Å². The van der Waals surface area contributed by atoms with Crippen LogP contribution in [-0.2, 0) is 14.9 Å². The molecular weight excluding hydrogens is 440 g/mol. The fourth-order valence-corrected chi connectivity index (χ4v) is 3.90. The molecule has 1 aliphatic rings. The van der Waals surface area contributed by atoms with Gasteiger partial charge in [0.25, 0.3) is 0 Å². The maximum atomic E-state index is 13.4. The highest BCUT2D eigenvalue weighted by molar-refractivity contribution is 9.10. The summed E-state index contributed by atoms with van der Waals surface area (Å²) in [6, 6.07) is 21.2. The van der Waals surface area contributed by atoms with Gasteiger partial charge in [0, 0.05) is 35.1 Å². The third kappa shape index (κ3) is 4.62. The van der Waals surface area contributed by atoms with Crippen molar-refractivity contribution >= 4 is 27.5 Å². The SMILES string of the molecule is O=C(Nc1cccc(C#Cc2ccccn2)c1)C1(c2ccc(Br)cc2)CCOCC1. The van der Waals surface area contributed by atoms with Gasteiger partial charge < -0.3 is 10.1 Å². The summed E-state index contributed by atoms with van der Waals surface area (Å²) in [5.74, 6) is 6.15. The van der Waals surface area contributed by atoms with Crippen LogP contribution in [0.1, 0.15) is 29.7 Å². The Balaban J connectivity index is 1.57. The fraction of sp³-hybridized carbons (Fsp3) is 0.200. The Kier molecular flexibility index (Phi) is 6.27. The standard InChI is InChI=1S/C25H21BrN2O2/c26-21-10-8-20(9-11-21)25(13-16-30-17-14-25)24(29)28-23-6-3-4-19(18-23)7-12-22-5-1-2-15-27-22/h1-6,8-11,15,18H,13-14,16-17H2,(H,28,29). The van der Waals surface area contributed by atoms with Gasteiger partial charge in [-0.2, -0.15) is 0 Å². The van der Waals surface area contributed by atoms with E-state index in [-0.39, 0.29) is 5.91 Å². The lowest BCUT2D eigenvalue weighted by molar-refractivity contribution is -0.125. The minimum absolute atomic E-state index is 0.0112. The molecule has 0 bridgehead atoms. The van der Waals surface area contributed by atoms with Gasteiger partial charge in [0.05, 0.1) is 5.41 Å². The molecule has 0 spiro atoms. The second-order valence-electron chi connectivity index (χ2n) is 7.20. The van der Waals surface area contributed by atoms with Crippen LogP contribution in [0.3, 0.4) is 0 Å². The molecule has 3 aromatic rings. The molecule has 1 amide bonds. The lowest BCUT2D eigenvalue weighted by Gasteiger charge is -2.36. The number of carbonyl (C=O) groups excluding carboxylic acids is 1. The first-order valence-corrected chi connectivity index (χ1v) is 10.6. The first-order chi connectivity index (χ1) is 14.7. The molecule has 1 aromatic heterocycles. The molecule has 2 aromatic carbocycles. The van der Waals surface area contributed by atoms with Gasteiger partial charge in [-0.25, -0.2) is 4.98 Å². The van der Waals surface area contributed by atoms with Crippen molar-refractivity contribution in [1.82, 2.24) is 4.98 Å². The van der Waals surface area contributed by atoms with Gasteiger partial charge in [0.1, 0.15) is 5.69 Å². The fourth-order valence-electron chi connectivity index (χ4n) is 3.63. The molecule has 1 N–H and O–H groups in total. The minimum Gasteiger partial charge on any atom is -0.381 e. The Morgan fingerprint density at radius 3 is 2.53 bits per heavy atom. The predicted octanol–water partition coefficient (Wildman–Crippen LogP) is 4.93. The average Bonchev–Trinajstić information content (AvgIpc) is 2.79. The molecule has 0 unspecified atom stereocenters. The topological polar surface area (TPSA) is 51.2 Å². The van der Waals surface area contributed by atoms with Crippen molar-refractivity contribution in [2.45, 2.75) is 18.3 Å². The summed E-state index contributed by atoms with van der Waals surface area (Å²) in [4.78, 5) is 17.7. The first-order valence-electron chi connectivity index (χ1n) is 9.84. The van der Waals surface area contributed by atoms with E-state index in [1.54, 1.807) is 6.20 Å². The zero-order valence-corrected chi connectivity index (χ0v) is 18.0. The molecule has 30 heavy (non-hydrogen) atoms. The number of rotatable bonds is 3. The summed E-state index contributed by atoms with van der Waals surface area (Å²) in [6.45, 7) is 1.14. The van der Waals surface area contributed by atoms with Gasteiger partial charge in [-0.1, -0.05) is 46.1 Å². The van der Waals surface area contributed by atoms with Crippen LogP contribution in [0, 0.1) is 11.8 Å². The maximum absolute atomic E-state index is 13.4. The average molecular weight is 461 g/mol. The zero-order valence-electron chi connectivity index (χ0n) is 16.4. The first kappa shape index (κ1) is 20.3. The maximum Gasteiger partial charge on any atom is 0.235 e. The number of nitrogens with one attached hydrogen (secondary N) is 1. The Hall–Kier alpha value is -2.94. The summed E-state index contributed by atoms with van der Waals surface area (Å²) < 4.78 is 6.54. The molecular formula is C25H21BrN2O2. The van der Waals surface area contributed by atoms with Crippen molar-refractivity contribution in [3.05, 3.63) is 94.2 Å². The highest BCUT2D eigenvalue weighted by Crippen LogP contribution is 2.36. The number of amides is 1. The summed E-state index contributed by atoms with van der Waals surface area (Å²) >= 11 is 3.47. The van der Waals surface area contributed by atoms with E-state index in [2.05, 4.69) is 38.1 Å². The number of benzene rings is 2. The normalized spacial score (nSPS) is 15.0. The van der Waals surface area contributed by atoms with Crippen LogP contribution >= 0.6 is 15.9 Å². The van der Waals surface area contributed by atoms with Crippen LogP contribution in [0.5, 0.6) is 0 Å². The van der Waals surface area contributed by atoms with E-state index in [1.165, 1.54) is 0 Å². The van der Waals surface area contributed by atoms with Crippen LogP contribution in [0.15, 0.2) is 77.4 Å². The van der Waals surface area contributed by atoms with Crippen molar-refractivity contribution in [3.63, 3.8) is 0 Å². The highest BCUT2D eigenvalue weighted by atomic mass is 79.9. The number of carbonyl (C=O) groups is 1. The quantitative estimate of drug-likeness (QED) is 0.563. The number of ether oxygens (including phenoxy) is 1. The molecule has 0 saturated carbocycles. The number of pyridine rings is 1. The second-order valence-corrected chi connectivity index (χ2v) is 8.12. The van der Waals surface area contributed by atoms with Crippen molar-refractivity contribution < 1.29 is 9.53 Å². The molecule has 1 saturated heterocycles. The number of hydrogen-bond acceptors (Lipinski definition) is 3. The van der Waals surface area contributed by atoms with Crippen LogP contribution in [0.2, 0.25) is 0 Å². The second kappa shape index (κ2) is 9.25. The van der Waals surface area contributed by atoms with Crippen LogP contribution in [-0.4, -0.2) is 24.1 Å². The molecule has 150 valence electrons. The molecule has 0 atom stereocenters. The largest absolute Gasteiger partial charge is 0.381 e. The van der Waals surface area contributed by atoms with E-state index in [1.807, 2.05) is 66.7 Å². The Labute approximate surface area is 184 Å². The molecule has 2 heterocycles. The third-order valence-electron chi connectivity index (χ3n) is 5.30. The number of hydrogen-bond donors (Lipinski definition) is 1. The van der Waals surface area contributed by atoms with Crippen LogP contribution in [0.25, 0.3) is 0 Å². The summed E-state index contributed by atoms with van der Waals surface area (Å²) in [5, 5.41) is 3.11. The van der Waals surface area contributed by atoms with Crippen molar-refractivity contribution in [2.75, 3.05) is 18.5 Å². The van der Waals surface area contributed by atoms with Crippen molar-refractivity contribution in [3.8, 4) is 11.8 Å². The van der Waals surface area contributed by atoms with Crippen molar-refractivity contribution in [2.24, 2.45) is 0 Å².